The van der Waals surface area contributed by atoms with E-state index in [9.17, 15) is 0 Å². The molecular weight excluding hydrogens is 433 g/mol. The first kappa shape index (κ1) is 19.5. The summed E-state index contributed by atoms with van der Waals surface area (Å²) in [6.45, 7) is 11.9. The maximum absolute atomic E-state index is 6.26. The molecule has 3 aliphatic rings. The Labute approximate surface area is 167 Å². The van der Waals surface area contributed by atoms with Gasteiger partial charge in [0.1, 0.15) is 11.4 Å². The third kappa shape index (κ3) is 4.55. The molecular formula is C18H30IN3O3. The van der Waals surface area contributed by atoms with Gasteiger partial charge in [0.05, 0.1) is 31.6 Å². The second-order valence-electron chi connectivity index (χ2n) is 7.63. The third-order valence-electron chi connectivity index (χ3n) is 5.64. The number of nitrogens with zero attached hydrogens (tertiary/aromatic N) is 3. The number of oxazole rings is 1. The molecule has 3 aliphatic heterocycles. The van der Waals surface area contributed by atoms with E-state index in [1.54, 1.807) is 0 Å². The molecule has 1 aromatic heterocycles. The van der Waals surface area contributed by atoms with Crippen molar-refractivity contribution >= 4 is 24.0 Å². The highest BCUT2D eigenvalue weighted by Gasteiger charge is 2.46. The molecule has 1 spiro atoms. The Hall–Kier alpha value is -0.220. The first-order valence-electron chi connectivity index (χ1n) is 9.25. The van der Waals surface area contributed by atoms with Gasteiger partial charge in [-0.2, -0.15) is 0 Å². The van der Waals surface area contributed by atoms with E-state index in [-0.39, 0.29) is 29.6 Å². The van der Waals surface area contributed by atoms with Crippen LogP contribution in [0.25, 0.3) is 0 Å². The molecule has 0 bridgehead atoms. The second-order valence-corrected chi connectivity index (χ2v) is 7.63. The van der Waals surface area contributed by atoms with Crippen molar-refractivity contribution in [1.29, 1.82) is 0 Å². The van der Waals surface area contributed by atoms with E-state index in [0.29, 0.717) is 6.10 Å². The van der Waals surface area contributed by atoms with Crippen molar-refractivity contribution in [3.05, 3.63) is 17.3 Å². The lowest BCUT2D eigenvalue weighted by molar-refractivity contribution is -0.201. The van der Waals surface area contributed by atoms with Crippen molar-refractivity contribution in [2.45, 2.75) is 51.4 Å². The molecule has 7 heteroatoms. The molecule has 142 valence electrons. The normalized spacial score (nSPS) is 27.0. The molecule has 0 saturated carbocycles. The summed E-state index contributed by atoms with van der Waals surface area (Å²) in [5.41, 5.74) is 1.08. The van der Waals surface area contributed by atoms with Crippen molar-refractivity contribution in [2.75, 3.05) is 45.9 Å². The van der Waals surface area contributed by atoms with Crippen LogP contribution in [0.5, 0.6) is 0 Å². The summed E-state index contributed by atoms with van der Waals surface area (Å²) in [4.78, 5) is 9.54. The highest BCUT2D eigenvalue weighted by Crippen LogP contribution is 2.36. The minimum absolute atomic E-state index is 0. The summed E-state index contributed by atoms with van der Waals surface area (Å²) in [6.07, 6.45) is 3.93. The zero-order valence-electron chi connectivity index (χ0n) is 15.3. The quantitative estimate of drug-likeness (QED) is 0.640. The monoisotopic (exact) mass is 463 g/mol. The van der Waals surface area contributed by atoms with Crippen LogP contribution < -0.4 is 0 Å². The number of aromatic nitrogens is 1. The van der Waals surface area contributed by atoms with Crippen LogP contribution in [0.4, 0.5) is 0 Å². The molecule has 1 atom stereocenters. The number of ether oxygens (including phenoxy) is 2. The van der Waals surface area contributed by atoms with Gasteiger partial charge in [-0.05, 0) is 46.2 Å². The number of hydrogen-bond acceptors (Lipinski definition) is 6. The number of halogens is 1. The highest BCUT2D eigenvalue weighted by molar-refractivity contribution is 14.0. The third-order valence-corrected chi connectivity index (χ3v) is 5.64. The van der Waals surface area contributed by atoms with Crippen molar-refractivity contribution in [2.24, 2.45) is 0 Å². The molecule has 6 nitrogen and oxygen atoms in total. The van der Waals surface area contributed by atoms with Crippen LogP contribution >= 0.6 is 24.0 Å². The Morgan fingerprint density at radius 2 is 1.88 bits per heavy atom. The van der Waals surface area contributed by atoms with Gasteiger partial charge < -0.3 is 13.9 Å². The zero-order valence-corrected chi connectivity index (χ0v) is 17.7. The molecule has 0 amide bonds. The average molecular weight is 463 g/mol. The molecule has 3 saturated heterocycles. The van der Waals surface area contributed by atoms with Crippen LogP contribution in [0.3, 0.4) is 0 Å². The van der Waals surface area contributed by atoms with Crippen LogP contribution in [-0.4, -0.2) is 72.4 Å². The fourth-order valence-corrected chi connectivity index (χ4v) is 4.02. The van der Waals surface area contributed by atoms with E-state index in [2.05, 4.69) is 14.8 Å². The number of rotatable bonds is 4. The van der Waals surface area contributed by atoms with Crippen molar-refractivity contribution in [1.82, 2.24) is 14.8 Å². The number of hydrogen-bond donors (Lipinski definition) is 0. The van der Waals surface area contributed by atoms with Crippen LogP contribution in [0, 0.1) is 13.8 Å². The van der Waals surface area contributed by atoms with E-state index in [0.717, 1.165) is 69.8 Å². The van der Waals surface area contributed by atoms with Crippen LogP contribution in [0.2, 0.25) is 0 Å². The molecule has 1 unspecified atom stereocenters. The van der Waals surface area contributed by atoms with Crippen LogP contribution in [0.1, 0.15) is 36.6 Å². The van der Waals surface area contributed by atoms with Gasteiger partial charge in [0.15, 0.2) is 0 Å². The summed E-state index contributed by atoms with van der Waals surface area (Å²) in [5.74, 6) is 1.79. The summed E-state index contributed by atoms with van der Waals surface area (Å²) in [5, 5.41) is 0. The maximum atomic E-state index is 6.26. The minimum Gasteiger partial charge on any atom is -0.444 e. The molecule has 25 heavy (non-hydrogen) atoms. The molecule has 0 aliphatic carbocycles. The SMILES string of the molecule is Cc1nc(CN2CCCN(CC3CCC4(COC4)O3)CC2)oc1C.I. The number of aryl methyl sites for hydroxylation is 2. The van der Waals surface area contributed by atoms with Gasteiger partial charge >= 0.3 is 0 Å². The predicted molar refractivity (Wildman–Crippen MR) is 105 cm³/mol. The molecule has 1 aromatic rings. The Morgan fingerprint density at radius 1 is 1.12 bits per heavy atom. The van der Waals surface area contributed by atoms with E-state index < -0.39 is 0 Å². The van der Waals surface area contributed by atoms with Crippen LogP contribution in [0.15, 0.2) is 4.42 Å². The molecule has 4 rings (SSSR count). The van der Waals surface area contributed by atoms with Crippen LogP contribution in [-0.2, 0) is 16.0 Å². The van der Waals surface area contributed by atoms with Gasteiger partial charge in [0.25, 0.3) is 0 Å². The van der Waals surface area contributed by atoms with Gasteiger partial charge in [-0.25, -0.2) is 4.98 Å². The standard InChI is InChI=1S/C18H29N3O3.HI/c1-14-15(2)23-17(19-14)11-21-7-3-6-20(8-9-21)10-16-4-5-18(24-16)12-22-13-18;/h16H,3-13H2,1-2H3;1H. The van der Waals surface area contributed by atoms with E-state index >= 15 is 0 Å². The van der Waals surface area contributed by atoms with Gasteiger partial charge in [0.2, 0.25) is 5.89 Å². The smallest absolute Gasteiger partial charge is 0.208 e. The van der Waals surface area contributed by atoms with E-state index in [1.165, 1.54) is 19.3 Å². The maximum Gasteiger partial charge on any atom is 0.208 e. The summed E-state index contributed by atoms with van der Waals surface area (Å²) in [7, 11) is 0. The first-order chi connectivity index (χ1) is 11.6. The first-order valence-corrected chi connectivity index (χ1v) is 9.25. The van der Waals surface area contributed by atoms with E-state index in [1.807, 2.05) is 13.8 Å². The molecule has 3 fully saturated rings. The largest absolute Gasteiger partial charge is 0.444 e. The predicted octanol–water partition coefficient (Wildman–Crippen LogP) is 2.37. The molecule has 0 aromatic carbocycles. The minimum atomic E-state index is 0. The lowest BCUT2D eigenvalue weighted by atomic mass is 9.98. The average Bonchev–Trinajstić information content (AvgIpc) is 3.00. The van der Waals surface area contributed by atoms with Gasteiger partial charge in [-0.3, -0.25) is 9.80 Å². The van der Waals surface area contributed by atoms with Gasteiger partial charge in [-0.15, -0.1) is 24.0 Å². The Morgan fingerprint density at radius 3 is 2.52 bits per heavy atom. The fraction of sp³-hybridized carbons (Fsp3) is 0.833. The molecule has 0 radical (unpaired) electrons. The fourth-order valence-electron chi connectivity index (χ4n) is 4.02. The highest BCUT2D eigenvalue weighted by atomic mass is 127. The van der Waals surface area contributed by atoms with Crippen molar-refractivity contribution in [3.8, 4) is 0 Å². The Balaban J connectivity index is 0.00000182. The molecule has 0 N–H and O–H groups in total. The summed E-state index contributed by atoms with van der Waals surface area (Å²) >= 11 is 0. The Kier molecular flexibility index (Phi) is 6.41. The summed E-state index contributed by atoms with van der Waals surface area (Å²) in [6, 6.07) is 0. The van der Waals surface area contributed by atoms with E-state index in [4.69, 9.17) is 13.9 Å². The van der Waals surface area contributed by atoms with Gasteiger partial charge in [0, 0.05) is 19.6 Å². The second kappa shape index (κ2) is 8.21. The Bertz CT molecular complexity index is 556. The lowest BCUT2D eigenvalue weighted by Crippen LogP contribution is -2.50. The van der Waals surface area contributed by atoms with Crippen molar-refractivity contribution < 1.29 is 13.9 Å². The van der Waals surface area contributed by atoms with Crippen molar-refractivity contribution in [3.63, 3.8) is 0 Å². The molecule has 4 heterocycles. The lowest BCUT2D eigenvalue weighted by Gasteiger charge is -2.38. The summed E-state index contributed by atoms with van der Waals surface area (Å²) < 4.78 is 17.3. The zero-order chi connectivity index (χ0) is 16.6. The topological polar surface area (TPSA) is 51.0 Å². The van der Waals surface area contributed by atoms with Gasteiger partial charge in [-0.1, -0.05) is 0 Å².